The highest BCUT2D eigenvalue weighted by Gasteiger charge is 2.33. The number of carbonyl (C=O) groups is 2. The maximum atomic E-state index is 10.9. The highest BCUT2D eigenvalue weighted by atomic mass is 16.4. The predicted molar refractivity (Wildman–Crippen MR) is 56.8 cm³/mol. The van der Waals surface area contributed by atoms with Crippen molar-refractivity contribution >= 4 is 11.9 Å². The molecule has 0 spiro atoms. The number of carboxylic acid groups (broad SMARTS) is 2. The van der Waals surface area contributed by atoms with Crippen LogP contribution >= 0.6 is 0 Å². The molecule has 86 valence electrons. The Morgan fingerprint density at radius 3 is 2.56 bits per heavy atom. The Hall–Kier alpha value is -1.58. The van der Waals surface area contributed by atoms with Crippen molar-refractivity contribution in [2.75, 3.05) is 0 Å². The third-order valence-corrected chi connectivity index (χ3v) is 3.47. The van der Waals surface area contributed by atoms with Crippen molar-refractivity contribution in [1.82, 2.24) is 0 Å². The number of fused-ring (bicyclic) bond motifs is 1. The van der Waals surface area contributed by atoms with Crippen LogP contribution in [0.15, 0.2) is 23.8 Å². The topological polar surface area (TPSA) is 74.6 Å². The molecule has 0 aromatic heterocycles. The lowest BCUT2D eigenvalue weighted by Gasteiger charge is -2.33. The first kappa shape index (κ1) is 10.9. The summed E-state index contributed by atoms with van der Waals surface area (Å²) in [4.78, 5) is 21.7. The van der Waals surface area contributed by atoms with Gasteiger partial charge >= 0.3 is 11.9 Å². The van der Waals surface area contributed by atoms with Gasteiger partial charge in [-0.2, -0.15) is 0 Å². The van der Waals surface area contributed by atoms with E-state index in [0.717, 1.165) is 6.42 Å². The standard InChI is InChI=1S/C12H14O4/c13-11(14)9-3-1-7-5-10(12(15)16)4-2-8(7)6-9/h1,3,6-8,10H,2,4-5H2,(H,13,14)(H,15,16). The molecular formula is C12H14O4. The molecule has 0 aromatic carbocycles. The summed E-state index contributed by atoms with van der Waals surface area (Å²) < 4.78 is 0. The molecule has 0 aromatic rings. The molecule has 3 unspecified atom stereocenters. The molecule has 2 aliphatic carbocycles. The first-order valence-electron chi connectivity index (χ1n) is 5.44. The van der Waals surface area contributed by atoms with Gasteiger partial charge in [-0.3, -0.25) is 4.79 Å². The second kappa shape index (κ2) is 4.12. The molecule has 2 aliphatic rings. The van der Waals surface area contributed by atoms with Gasteiger partial charge in [-0.25, -0.2) is 4.79 Å². The zero-order valence-electron chi connectivity index (χ0n) is 8.80. The van der Waals surface area contributed by atoms with Crippen LogP contribution in [-0.2, 0) is 9.59 Å². The second-order valence-electron chi connectivity index (χ2n) is 4.46. The molecule has 2 N–H and O–H groups in total. The van der Waals surface area contributed by atoms with Crippen molar-refractivity contribution in [3.05, 3.63) is 23.8 Å². The predicted octanol–water partition coefficient (Wildman–Crippen LogP) is 1.68. The highest BCUT2D eigenvalue weighted by Crippen LogP contribution is 2.38. The van der Waals surface area contributed by atoms with Crippen LogP contribution in [0.1, 0.15) is 19.3 Å². The minimum absolute atomic E-state index is 0.193. The van der Waals surface area contributed by atoms with E-state index < -0.39 is 11.9 Å². The van der Waals surface area contributed by atoms with Crippen molar-refractivity contribution in [3.8, 4) is 0 Å². The van der Waals surface area contributed by atoms with Crippen molar-refractivity contribution in [1.29, 1.82) is 0 Å². The Balaban J connectivity index is 2.09. The van der Waals surface area contributed by atoms with Gasteiger partial charge in [0.2, 0.25) is 0 Å². The first-order chi connectivity index (χ1) is 7.58. The molecule has 2 rings (SSSR count). The van der Waals surface area contributed by atoms with E-state index in [4.69, 9.17) is 10.2 Å². The Morgan fingerprint density at radius 1 is 1.19 bits per heavy atom. The van der Waals surface area contributed by atoms with E-state index in [0.29, 0.717) is 18.4 Å². The quantitative estimate of drug-likeness (QED) is 0.745. The van der Waals surface area contributed by atoms with Gasteiger partial charge in [0, 0.05) is 0 Å². The Morgan fingerprint density at radius 2 is 1.94 bits per heavy atom. The van der Waals surface area contributed by atoms with Crippen LogP contribution in [0.4, 0.5) is 0 Å². The zero-order valence-corrected chi connectivity index (χ0v) is 8.80. The zero-order chi connectivity index (χ0) is 11.7. The van der Waals surface area contributed by atoms with Crippen LogP contribution in [0, 0.1) is 17.8 Å². The average molecular weight is 222 g/mol. The van der Waals surface area contributed by atoms with Crippen LogP contribution in [0.5, 0.6) is 0 Å². The fourth-order valence-electron chi connectivity index (χ4n) is 2.54. The van der Waals surface area contributed by atoms with E-state index in [1.54, 1.807) is 12.2 Å². The minimum atomic E-state index is -0.907. The average Bonchev–Trinajstić information content (AvgIpc) is 2.27. The normalized spacial score (nSPS) is 32.8. The maximum absolute atomic E-state index is 10.9. The van der Waals surface area contributed by atoms with Crippen molar-refractivity contribution in [3.63, 3.8) is 0 Å². The van der Waals surface area contributed by atoms with Gasteiger partial charge in [0.05, 0.1) is 11.5 Å². The van der Waals surface area contributed by atoms with Gasteiger partial charge in [0.15, 0.2) is 0 Å². The van der Waals surface area contributed by atoms with Crippen LogP contribution in [0.3, 0.4) is 0 Å². The van der Waals surface area contributed by atoms with Crippen LogP contribution in [0.2, 0.25) is 0 Å². The Labute approximate surface area is 93.3 Å². The summed E-state index contributed by atoms with van der Waals surface area (Å²) in [6, 6.07) is 0. The highest BCUT2D eigenvalue weighted by molar-refractivity contribution is 5.90. The summed E-state index contributed by atoms with van der Waals surface area (Å²) in [6.07, 6.45) is 7.25. The van der Waals surface area contributed by atoms with Gasteiger partial charge in [-0.1, -0.05) is 18.2 Å². The molecule has 16 heavy (non-hydrogen) atoms. The fourth-order valence-corrected chi connectivity index (χ4v) is 2.54. The third-order valence-electron chi connectivity index (χ3n) is 3.47. The maximum Gasteiger partial charge on any atom is 0.335 e. The van der Waals surface area contributed by atoms with E-state index in [1.807, 2.05) is 6.08 Å². The molecule has 4 heteroatoms. The molecule has 0 radical (unpaired) electrons. The largest absolute Gasteiger partial charge is 0.481 e. The van der Waals surface area contributed by atoms with Gasteiger partial charge in [-0.15, -0.1) is 0 Å². The summed E-state index contributed by atoms with van der Waals surface area (Å²) >= 11 is 0. The minimum Gasteiger partial charge on any atom is -0.481 e. The lowest BCUT2D eigenvalue weighted by atomic mass is 9.71. The molecule has 3 atom stereocenters. The Kier molecular flexibility index (Phi) is 2.81. The summed E-state index contributed by atoms with van der Waals surface area (Å²) in [7, 11) is 0. The SMILES string of the molecule is O=C(O)C1=CC2CCC(C(=O)O)CC2C=C1. The van der Waals surface area contributed by atoms with E-state index in [9.17, 15) is 9.59 Å². The van der Waals surface area contributed by atoms with Crippen molar-refractivity contribution < 1.29 is 19.8 Å². The molecule has 1 saturated carbocycles. The molecule has 0 bridgehead atoms. The number of rotatable bonds is 2. The summed E-state index contributed by atoms with van der Waals surface area (Å²) in [6.45, 7) is 0. The van der Waals surface area contributed by atoms with Crippen LogP contribution < -0.4 is 0 Å². The van der Waals surface area contributed by atoms with Crippen LogP contribution in [-0.4, -0.2) is 22.2 Å². The second-order valence-corrected chi connectivity index (χ2v) is 4.46. The van der Waals surface area contributed by atoms with E-state index in [-0.39, 0.29) is 17.8 Å². The van der Waals surface area contributed by atoms with E-state index in [2.05, 4.69) is 0 Å². The monoisotopic (exact) mass is 222 g/mol. The fraction of sp³-hybridized carbons (Fsp3) is 0.500. The number of hydrogen-bond donors (Lipinski definition) is 2. The first-order valence-corrected chi connectivity index (χ1v) is 5.44. The van der Waals surface area contributed by atoms with Gasteiger partial charge < -0.3 is 10.2 Å². The lowest BCUT2D eigenvalue weighted by Crippen LogP contribution is -2.29. The van der Waals surface area contributed by atoms with Crippen molar-refractivity contribution in [2.24, 2.45) is 17.8 Å². The van der Waals surface area contributed by atoms with E-state index in [1.165, 1.54) is 0 Å². The summed E-state index contributed by atoms with van der Waals surface area (Å²) in [5, 5.41) is 17.8. The number of allylic oxidation sites excluding steroid dienone is 2. The lowest BCUT2D eigenvalue weighted by molar-refractivity contribution is -0.143. The van der Waals surface area contributed by atoms with E-state index >= 15 is 0 Å². The number of hydrogen-bond acceptors (Lipinski definition) is 2. The van der Waals surface area contributed by atoms with Crippen LogP contribution in [0.25, 0.3) is 0 Å². The molecule has 0 heterocycles. The van der Waals surface area contributed by atoms with Crippen molar-refractivity contribution in [2.45, 2.75) is 19.3 Å². The third kappa shape index (κ3) is 2.01. The molecule has 0 aliphatic heterocycles. The van der Waals surface area contributed by atoms with Gasteiger partial charge in [0.1, 0.15) is 0 Å². The number of aliphatic carboxylic acids is 2. The van der Waals surface area contributed by atoms with Gasteiger partial charge in [-0.05, 0) is 31.1 Å². The molecule has 0 amide bonds. The molecule has 1 fully saturated rings. The summed E-state index contributed by atoms with van der Waals surface area (Å²) in [5.74, 6) is -1.52. The summed E-state index contributed by atoms with van der Waals surface area (Å²) in [5.41, 5.74) is 0.329. The smallest absolute Gasteiger partial charge is 0.335 e. The molecular weight excluding hydrogens is 208 g/mol. The molecule has 4 nitrogen and oxygen atoms in total. The van der Waals surface area contributed by atoms with Gasteiger partial charge in [0.25, 0.3) is 0 Å². The molecule has 0 saturated heterocycles. The number of carboxylic acids is 2. The Bertz CT molecular complexity index is 380.